The van der Waals surface area contributed by atoms with E-state index in [4.69, 9.17) is 16.3 Å². The van der Waals surface area contributed by atoms with Crippen molar-refractivity contribution in [2.24, 2.45) is 0 Å². The van der Waals surface area contributed by atoms with Crippen molar-refractivity contribution in [1.82, 2.24) is 14.5 Å². The smallest absolute Gasteiger partial charge is 0.272 e. The monoisotopic (exact) mass is 392 g/mol. The van der Waals surface area contributed by atoms with Crippen molar-refractivity contribution in [2.75, 3.05) is 13.7 Å². The third kappa shape index (κ3) is 3.00. The molecule has 0 bridgehead atoms. The molecule has 0 N–H and O–H groups in total. The van der Waals surface area contributed by atoms with Crippen molar-refractivity contribution in [1.29, 1.82) is 5.26 Å². The highest BCUT2D eigenvalue weighted by molar-refractivity contribution is 6.37. The number of benzene rings is 1. The molecule has 0 aliphatic carbocycles. The van der Waals surface area contributed by atoms with Gasteiger partial charge in [-0.3, -0.25) is 9.78 Å². The summed E-state index contributed by atoms with van der Waals surface area (Å²) < 4.78 is 6.90. The number of carbonyl (C=O) groups excluding carboxylic acids is 1. The SMILES string of the molecule is COc1ccc(CN2CCn3c(C#N)c(-c4ccncc4)c(Cl)c3C2=O)cc1. The van der Waals surface area contributed by atoms with Crippen LogP contribution in [0.4, 0.5) is 0 Å². The third-order valence-electron chi connectivity index (χ3n) is 4.89. The van der Waals surface area contributed by atoms with Crippen LogP contribution in [0.1, 0.15) is 21.7 Å². The largest absolute Gasteiger partial charge is 0.497 e. The molecule has 6 nitrogen and oxygen atoms in total. The van der Waals surface area contributed by atoms with E-state index in [-0.39, 0.29) is 5.91 Å². The molecule has 0 spiro atoms. The van der Waals surface area contributed by atoms with Crippen LogP contribution in [0.2, 0.25) is 5.02 Å². The van der Waals surface area contributed by atoms with E-state index >= 15 is 0 Å². The Labute approximate surface area is 167 Å². The topological polar surface area (TPSA) is 71.2 Å². The molecule has 3 heterocycles. The van der Waals surface area contributed by atoms with Crippen molar-refractivity contribution >= 4 is 17.5 Å². The summed E-state index contributed by atoms with van der Waals surface area (Å²) in [5, 5.41) is 10.0. The van der Waals surface area contributed by atoms with E-state index in [0.29, 0.717) is 41.6 Å². The Morgan fingerprint density at radius 2 is 1.89 bits per heavy atom. The number of nitrogens with zero attached hydrogens (tertiary/aromatic N) is 4. The fourth-order valence-corrected chi connectivity index (χ4v) is 3.87. The van der Waals surface area contributed by atoms with E-state index in [0.717, 1.165) is 16.9 Å². The Bertz CT molecular complexity index is 1070. The van der Waals surface area contributed by atoms with Gasteiger partial charge in [-0.15, -0.1) is 0 Å². The van der Waals surface area contributed by atoms with Gasteiger partial charge in [-0.05, 0) is 35.4 Å². The van der Waals surface area contributed by atoms with Crippen LogP contribution in [0.3, 0.4) is 0 Å². The molecular weight excluding hydrogens is 376 g/mol. The van der Waals surface area contributed by atoms with E-state index in [1.54, 1.807) is 41.1 Å². The highest BCUT2D eigenvalue weighted by Crippen LogP contribution is 2.38. The zero-order valence-corrected chi connectivity index (χ0v) is 16.0. The first-order chi connectivity index (χ1) is 13.6. The summed E-state index contributed by atoms with van der Waals surface area (Å²) in [6.45, 7) is 1.50. The molecule has 1 aliphatic rings. The molecule has 4 rings (SSSR count). The van der Waals surface area contributed by atoms with Gasteiger partial charge in [0, 0.05) is 37.6 Å². The predicted molar refractivity (Wildman–Crippen MR) is 105 cm³/mol. The van der Waals surface area contributed by atoms with Gasteiger partial charge in [0.05, 0.1) is 12.1 Å². The van der Waals surface area contributed by atoms with Crippen molar-refractivity contribution < 1.29 is 9.53 Å². The lowest BCUT2D eigenvalue weighted by Crippen LogP contribution is -2.39. The number of ether oxygens (including phenoxy) is 1. The number of methoxy groups -OCH3 is 1. The number of pyridine rings is 1. The minimum atomic E-state index is -0.177. The molecule has 2 aromatic heterocycles. The second kappa shape index (κ2) is 7.37. The zero-order chi connectivity index (χ0) is 19.7. The van der Waals surface area contributed by atoms with Gasteiger partial charge in [0.2, 0.25) is 0 Å². The lowest BCUT2D eigenvalue weighted by Gasteiger charge is -2.29. The number of nitriles is 1. The Morgan fingerprint density at radius 1 is 1.18 bits per heavy atom. The van der Waals surface area contributed by atoms with Crippen LogP contribution in [-0.2, 0) is 13.1 Å². The molecule has 3 aromatic rings. The van der Waals surface area contributed by atoms with Crippen LogP contribution in [0, 0.1) is 11.3 Å². The van der Waals surface area contributed by atoms with Gasteiger partial charge in [-0.25, -0.2) is 0 Å². The van der Waals surface area contributed by atoms with Gasteiger partial charge >= 0.3 is 0 Å². The molecule has 1 aliphatic heterocycles. The average Bonchev–Trinajstić information content (AvgIpc) is 3.03. The first-order valence-corrected chi connectivity index (χ1v) is 9.16. The Hall–Kier alpha value is -3.30. The summed E-state index contributed by atoms with van der Waals surface area (Å²) in [6, 6.07) is 13.4. The molecule has 0 atom stereocenters. The summed E-state index contributed by atoms with van der Waals surface area (Å²) in [6.07, 6.45) is 3.28. The van der Waals surface area contributed by atoms with E-state index in [1.165, 1.54) is 0 Å². The Kier molecular flexibility index (Phi) is 4.76. The maximum Gasteiger partial charge on any atom is 0.272 e. The highest BCUT2D eigenvalue weighted by Gasteiger charge is 2.33. The maximum atomic E-state index is 13.2. The third-order valence-corrected chi connectivity index (χ3v) is 5.26. The summed E-state index contributed by atoms with van der Waals surface area (Å²) in [5.41, 5.74) is 3.13. The predicted octanol–water partition coefficient (Wildman–Crippen LogP) is 3.74. The van der Waals surface area contributed by atoms with Gasteiger partial charge in [0.25, 0.3) is 5.91 Å². The van der Waals surface area contributed by atoms with E-state index in [2.05, 4.69) is 11.1 Å². The van der Waals surface area contributed by atoms with Crippen LogP contribution in [-0.4, -0.2) is 34.0 Å². The van der Waals surface area contributed by atoms with E-state index in [1.807, 2.05) is 24.3 Å². The summed E-state index contributed by atoms with van der Waals surface area (Å²) >= 11 is 6.61. The van der Waals surface area contributed by atoms with Crippen LogP contribution < -0.4 is 4.74 Å². The minimum Gasteiger partial charge on any atom is -0.497 e. The van der Waals surface area contributed by atoms with Gasteiger partial charge in [-0.1, -0.05) is 23.7 Å². The molecule has 140 valence electrons. The fraction of sp³-hybridized carbons (Fsp3) is 0.190. The summed E-state index contributed by atoms with van der Waals surface area (Å²) in [7, 11) is 1.62. The van der Waals surface area contributed by atoms with Crippen LogP contribution in [0.5, 0.6) is 5.75 Å². The maximum absolute atomic E-state index is 13.2. The number of rotatable bonds is 4. The number of halogens is 1. The number of hydrogen-bond donors (Lipinski definition) is 0. The van der Waals surface area contributed by atoms with Gasteiger partial charge in [0.15, 0.2) is 0 Å². The molecule has 0 fully saturated rings. The molecule has 0 unspecified atom stereocenters. The van der Waals surface area contributed by atoms with Crippen molar-refractivity contribution in [3.8, 4) is 22.9 Å². The Balaban J connectivity index is 1.70. The Morgan fingerprint density at radius 3 is 2.54 bits per heavy atom. The minimum absolute atomic E-state index is 0.177. The van der Waals surface area contributed by atoms with E-state index < -0.39 is 0 Å². The van der Waals surface area contributed by atoms with Crippen molar-refractivity contribution in [2.45, 2.75) is 13.1 Å². The van der Waals surface area contributed by atoms with E-state index in [9.17, 15) is 10.1 Å². The fourth-order valence-electron chi connectivity index (χ4n) is 3.49. The average molecular weight is 393 g/mol. The number of amides is 1. The second-order valence-electron chi connectivity index (χ2n) is 6.46. The van der Waals surface area contributed by atoms with Crippen molar-refractivity contribution in [3.05, 3.63) is 70.8 Å². The zero-order valence-electron chi connectivity index (χ0n) is 15.2. The number of carbonyl (C=O) groups is 1. The van der Waals surface area contributed by atoms with Crippen LogP contribution >= 0.6 is 11.6 Å². The molecule has 28 heavy (non-hydrogen) atoms. The molecule has 0 radical (unpaired) electrons. The molecule has 7 heteroatoms. The van der Waals surface area contributed by atoms with Crippen LogP contribution in [0.25, 0.3) is 11.1 Å². The molecule has 0 saturated carbocycles. The normalized spacial score (nSPS) is 13.2. The highest BCUT2D eigenvalue weighted by atomic mass is 35.5. The molecule has 1 aromatic carbocycles. The lowest BCUT2D eigenvalue weighted by atomic mass is 10.1. The van der Waals surface area contributed by atoms with Gasteiger partial charge in [0.1, 0.15) is 23.2 Å². The molecule has 0 saturated heterocycles. The van der Waals surface area contributed by atoms with Gasteiger partial charge in [-0.2, -0.15) is 5.26 Å². The van der Waals surface area contributed by atoms with Crippen molar-refractivity contribution in [3.63, 3.8) is 0 Å². The second-order valence-corrected chi connectivity index (χ2v) is 6.84. The number of aromatic nitrogens is 2. The molecule has 1 amide bonds. The standard InChI is InChI=1S/C21H17ClN4O2/c1-28-16-4-2-14(3-5-16)13-25-10-11-26-17(12-23)18(15-6-8-24-9-7-15)19(22)20(26)21(25)27/h2-9H,10-11,13H2,1H3. The van der Waals surface area contributed by atoms with Gasteiger partial charge < -0.3 is 14.2 Å². The number of fused-ring (bicyclic) bond motifs is 1. The summed E-state index contributed by atoms with van der Waals surface area (Å²) in [4.78, 5) is 18.9. The summed E-state index contributed by atoms with van der Waals surface area (Å²) in [5.74, 6) is 0.593. The quantitative estimate of drug-likeness (QED) is 0.678. The number of hydrogen-bond acceptors (Lipinski definition) is 4. The lowest BCUT2D eigenvalue weighted by molar-refractivity contribution is 0.0690. The van der Waals surface area contributed by atoms with Crippen LogP contribution in [0.15, 0.2) is 48.8 Å². The first-order valence-electron chi connectivity index (χ1n) is 8.78. The molecular formula is C21H17ClN4O2. The first kappa shape index (κ1) is 18.1.